The summed E-state index contributed by atoms with van der Waals surface area (Å²) in [5, 5.41) is 6.35. The molecule has 2 N–H and O–H groups in total. The van der Waals surface area contributed by atoms with Crippen LogP contribution in [0, 0.1) is 5.92 Å². The van der Waals surface area contributed by atoms with Crippen LogP contribution in [0.2, 0.25) is 0 Å². The van der Waals surface area contributed by atoms with Gasteiger partial charge in [0.15, 0.2) is 0 Å². The van der Waals surface area contributed by atoms with Crippen molar-refractivity contribution < 1.29 is 4.79 Å². The molecule has 1 amide bonds. The van der Waals surface area contributed by atoms with E-state index in [-0.39, 0.29) is 11.4 Å². The van der Waals surface area contributed by atoms with Crippen molar-refractivity contribution in [2.75, 3.05) is 6.54 Å². The normalized spacial score (nSPS) is 11.9. The molecule has 0 aliphatic carbocycles. The second-order valence-corrected chi connectivity index (χ2v) is 6.52. The molecule has 19 heavy (non-hydrogen) atoms. The lowest BCUT2D eigenvalue weighted by Gasteiger charge is -2.20. The molecule has 1 rings (SSSR count). The maximum atomic E-state index is 11.8. The second kappa shape index (κ2) is 6.75. The fourth-order valence-electron chi connectivity index (χ4n) is 1.82. The van der Waals surface area contributed by atoms with Gasteiger partial charge < -0.3 is 15.2 Å². The highest BCUT2D eigenvalue weighted by Gasteiger charge is 2.13. The molecule has 108 valence electrons. The molecule has 0 atom stereocenters. The first-order chi connectivity index (χ1) is 8.76. The number of hydrogen-bond donors (Lipinski definition) is 2. The van der Waals surface area contributed by atoms with Gasteiger partial charge in [-0.2, -0.15) is 0 Å². The maximum absolute atomic E-state index is 11.8. The average molecular weight is 265 g/mol. The topological polar surface area (TPSA) is 46.1 Å². The third kappa shape index (κ3) is 7.01. The molecule has 4 heteroatoms. The number of nitrogens with one attached hydrogen (secondary N) is 2. The van der Waals surface area contributed by atoms with Gasteiger partial charge in [-0.3, -0.25) is 4.79 Å². The summed E-state index contributed by atoms with van der Waals surface area (Å²) in [5.41, 5.74) is 1.04. The SMILES string of the molecule is CC(C)CNCc1ccn(CC(=O)NC(C)(C)C)c1. The first-order valence-electron chi connectivity index (χ1n) is 6.92. The lowest BCUT2D eigenvalue weighted by atomic mass is 10.1. The largest absolute Gasteiger partial charge is 0.350 e. The van der Waals surface area contributed by atoms with E-state index >= 15 is 0 Å². The van der Waals surface area contributed by atoms with Gasteiger partial charge in [-0.15, -0.1) is 0 Å². The fraction of sp³-hybridized carbons (Fsp3) is 0.667. The minimum absolute atomic E-state index is 0.0461. The summed E-state index contributed by atoms with van der Waals surface area (Å²) in [6, 6.07) is 2.05. The molecule has 1 aromatic heterocycles. The van der Waals surface area contributed by atoms with E-state index in [4.69, 9.17) is 0 Å². The number of hydrogen-bond acceptors (Lipinski definition) is 2. The van der Waals surface area contributed by atoms with E-state index in [1.165, 1.54) is 5.56 Å². The summed E-state index contributed by atoms with van der Waals surface area (Å²) in [7, 11) is 0. The van der Waals surface area contributed by atoms with Gasteiger partial charge >= 0.3 is 0 Å². The summed E-state index contributed by atoms with van der Waals surface area (Å²) < 4.78 is 1.92. The van der Waals surface area contributed by atoms with Gasteiger partial charge in [0.1, 0.15) is 6.54 Å². The van der Waals surface area contributed by atoms with Crippen LogP contribution in [0.4, 0.5) is 0 Å². The predicted octanol–water partition coefficient (Wildman–Crippen LogP) is 2.15. The average Bonchev–Trinajstić information content (AvgIpc) is 2.61. The minimum atomic E-state index is -0.175. The van der Waals surface area contributed by atoms with Gasteiger partial charge in [-0.25, -0.2) is 0 Å². The predicted molar refractivity (Wildman–Crippen MR) is 78.9 cm³/mol. The van der Waals surface area contributed by atoms with Crippen molar-refractivity contribution in [1.29, 1.82) is 0 Å². The van der Waals surface area contributed by atoms with Crippen LogP contribution >= 0.6 is 0 Å². The third-order valence-corrected chi connectivity index (χ3v) is 2.53. The van der Waals surface area contributed by atoms with Gasteiger partial charge in [-0.05, 0) is 44.9 Å². The van der Waals surface area contributed by atoms with Crippen molar-refractivity contribution >= 4 is 5.91 Å². The lowest BCUT2D eigenvalue weighted by molar-refractivity contribution is -0.123. The summed E-state index contributed by atoms with van der Waals surface area (Å²) >= 11 is 0. The van der Waals surface area contributed by atoms with E-state index in [1.807, 2.05) is 37.7 Å². The van der Waals surface area contributed by atoms with E-state index in [0.29, 0.717) is 12.5 Å². The van der Waals surface area contributed by atoms with Crippen molar-refractivity contribution in [2.45, 2.75) is 53.2 Å². The summed E-state index contributed by atoms with van der Waals surface area (Å²) in [5.74, 6) is 0.699. The van der Waals surface area contributed by atoms with E-state index in [9.17, 15) is 4.79 Å². The van der Waals surface area contributed by atoms with E-state index in [0.717, 1.165) is 13.1 Å². The first-order valence-corrected chi connectivity index (χ1v) is 6.92. The van der Waals surface area contributed by atoms with Gasteiger partial charge in [0.25, 0.3) is 0 Å². The molecule has 0 spiro atoms. The highest BCUT2D eigenvalue weighted by molar-refractivity contribution is 5.76. The van der Waals surface area contributed by atoms with Crippen LogP contribution in [0.25, 0.3) is 0 Å². The Bertz CT molecular complexity index is 402. The molecule has 1 aromatic rings. The van der Waals surface area contributed by atoms with Gasteiger partial charge in [-0.1, -0.05) is 13.8 Å². The molecule has 0 aromatic carbocycles. The van der Waals surface area contributed by atoms with Crippen LogP contribution in [0.3, 0.4) is 0 Å². The van der Waals surface area contributed by atoms with Crippen LogP contribution < -0.4 is 10.6 Å². The molecule has 0 radical (unpaired) electrons. The van der Waals surface area contributed by atoms with Crippen molar-refractivity contribution in [2.24, 2.45) is 5.92 Å². The number of nitrogens with zero attached hydrogens (tertiary/aromatic N) is 1. The molecule has 4 nitrogen and oxygen atoms in total. The zero-order valence-corrected chi connectivity index (χ0v) is 12.8. The zero-order chi connectivity index (χ0) is 14.5. The summed E-state index contributed by atoms with van der Waals surface area (Å²) in [6.07, 6.45) is 3.98. The molecule has 0 fully saturated rings. The number of rotatable bonds is 6. The van der Waals surface area contributed by atoms with Crippen molar-refractivity contribution in [3.63, 3.8) is 0 Å². The smallest absolute Gasteiger partial charge is 0.240 e. The Morgan fingerprint density at radius 3 is 2.63 bits per heavy atom. The Labute approximate surface area is 116 Å². The van der Waals surface area contributed by atoms with E-state index in [1.54, 1.807) is 0 Å². The zero-order valence-electron chi connectivity index (χ0n) is 12.8. The van der Waals surface area contributed by atoms with Crippen LogP contribution in [0.15, 0.2) is 18.5 Å². The number of carbonyl (C=O) groups is 1. The molecule has 0 aliphatic rings. The molecular formula is C15H27N3O. The Morgan fingerprint density at radius 2 is 2.05 bits per heavy atom. The molecule has 0 saturated heterocycles. The van der Waals surface area contributed by atoms with Crippen molar-refractivity contribution in [3.05, 3.63) is 24.0 Å². The van der Waals surface area contributed by atoms with Crippen LogP contribution in [0.5, 0.6) is 0 Å². The number of aromatic nitrogens is 1. The Hall–Kier alpha value is -1.29. The molecule has 1 heterocycles. The van der Waals surface area contributed by atoms with Gasteiger partial charge in [0.2, 0.25) is 5.91 Å². The quantitative estimate of drug-likeness (QED) is 0.828. The molecule has 0 unspecified atom stereocenters. The van der Waals surface area contributed by atoms with E-state index in [2.05, 4.69) is 30.5 Å². The summed E-state index contributed by atoms with van der Waals surface area (Å²) in [6.45, 7) is 12.6. The standard InChI is InChI=1S/C15H27N3O/c1-12(2)8-16-9-13-6-7-18(10-13)11-14(19)17-15(3,4)5/h6-7,10,12,16H,8-9,11H2,1-5H3,(H,17,19). The number of amides is 1. The molecular weight excluding hydrogens is 238 g/mol. The summed E-state index contributed by atoms with van der Waals surface area (Å²) in [4.78, 5) is 11.8. The highest BCUT2D eigenvalue weighted by atomic mass is 16.2. The van der Waals surface area contributed by atoms with Crippen LogP contribution in [-0.4, -0.2) is 22.6 Å². The third-order valence-electron chi connectivity index (χ3n) is 2.53. The van der Waals surface area contributed by atoms with E-state index < -0.39 is 0 Å². The maximum Gasteiger partial charge on any atom is 0.240 e. The monoisotopic (exact) mass is 265 g/mol. The Kier molecular flexibility index (Phi) is 5.60. The van der Waals surface area contributed by atoms with Crippen molar-refractivity contribution in [1.82, 2.24) is 15.2 Å². The molecule has 0 aliphatic heterocycles. The Balaban J connectivity index is 2.40. The second-order valence-electron chi connectivity index (χ2n) is 6.52. The van der Waals surface area contributed by atoms with Gasteiger partial charge in [0, 0.05) is 24.5 Å². The fourth-order valence-corrected chi connectivity index (χ4v) is 1.82. The van der Waals surface area contributed by atoms with Crippen LogP contribution in [-0.2, 0) is 17.9 Å². The van der Waals surface area contributed by atoms with Gasteiger partial charge in [0.05, 0.1) is 0 Å². The first kappa shape index (κ1) is 15.8. The molecule has 0 bridgehead atoms. The Morgan fingerprint density at radius 1 is 1.37 bits per heavy atom. The van der Waals surface area contributed by atoms with Crippen LogP contribution in [0.1, 0.15) is 40.2 Å². The highest BCUT2D eigenvalue weighted by Crippen LogP contribution is 2.03. The molecule has 0 saturated carbocycles. The lowest BCUT2D eigenvalue weighted by Crippen LogP contribution is -2.42. The van der Waals surface area contributed by atoms with Crippen molar-refractivity contribution in [3.8, 4) is 0 Å². The number of carbonyl (C=O) groups excluding carboxylic acids is 1. The minimum Gasteiger partial charge on any atom is -0.350 e.